The van der Waals surface area contributed by atoms with Crippen LogP contribution in [0.2, 0.25) is 0 Å². The summed E-state index contributed by atoms with van der Waals surface area (Å²) >= 11 is 0. The molecule has 32 heavy (non-hydrogen) atoms. The van der Waals surface area contributed by atoms with Crippen LogP contribution < -0.4 is 4.90 Å². The molecule has 0 spiro atoms. The number of halogens is 2. The van der Waals surface area contributed by atoms with E-state index >= 15 is 0 Å². The number of imidazole rings is 1. The van der Waals surface area contributed by atoms with E-state index in [-0.39, 0.29) is 23.8 Å². The smallest absolute Gasteiger partial charge is 0.184 e. The second-order valence-electron chi connectivity index (χ2n) is 9.00. The van der Waals surface area contributed by atoms with E-state index in [2.05, 4.69) is 9.88 Å². The standard InChI is InChI=1S/C25H27F2N3O2/c26-17-7-10-21(27)20(13-17)22-5-2-12-29(22)18-8-11-24-28-14-23(30(24)15-18)25(32)16-3-1-4-19(31)9-6-16/h7-8,10-11,13-16,19,22,31H,1-6,9,12H2/t16?,19?,22-/m1/s1. The Hall–Kier alpha value is -2.80. The van der Waals surface area contributed by atoms with Crippen LogP contribution in [-0.4, -0.2) is 32.9 Å². The average Bonchev–Trinajstić information content (AvgIpc) is 3.38. The lowest BCUT2D eigenvalue weighted by Gasteiger charge is -2.27. The summed E-state index contributed by atoms with van der Waals surface area (Å²) in [6, 6.07) is 7.13. The molecule has 3 atom stereocenters. The summed E-state index contributed by atoms with van der Waals surface area (Å²) in [4.78, 5) is 19.8. The molecular formula is C25H27F2N3O2. The summed E-state index contributed by atoms with van der Waals surface area (Å²) in [6.45, 7) is 0.727. The Morgan fingerprint density at radius 3 is 2.78 bits per heavy atom. The van der Waals surface area contributed by atoms with Crippen LogP contribution in [0.3, 0.4) is 0 Å². The molecule has 0 radical (unpaired) electrons. The van der Waals surface area contributed by atoms with E-state index in [1.807, 2.05) is 22.7 Å². The first-order valence-electron chi connectivity index (χ1n) is 11.4. The summed E-state index contributed by atoms with van der Waals surface area (Å²) in [5.41, 5.74) is 2.43. The van der Waals surface area contributed by atoms with Crippen LogP contribution in [0.25, 0.3) is 5.65 Å². The van der Waals surface area contributed by atoms with Gasteiger partial charge in [-0.2, -0.15) is 0 Å². The minimum Gasteiger partial charge on any atom is -0.393 e. The second kappa shape index (κ2) is 8.62. The summed E-state index contributed by atoms with van der Waals surface area (Å²) in [6.07, 6.45) is 8.48. The molecule has 1 aliphatic heterocycles. The van der Waals surface area contributed by atoms with E-state index in [0.717, 1.165) is 50.4 Å². The molecule has 1 N–H and O–H groups in total. The molecule has 5 nitrogen and oxygen atoms in total. The highest BCUT2D eigenvalue weighted by Crippen LogP contribution is 2.38. The topological polar surface area (TPSA) is 57.8 Å². The van der Waals surface area contributed by atoms with Crippen molar-refractivity contribution in [2.24, 2.45) is 5.92 Å². The Kier molecular flexibility index (Phi) is 5.67. The summed E-state index contributed by atoms with van der Waals surface area (Å²) < 4.78 is 30.1. The lowest BCUT2D eigenvalue weighted by atomic mass is 9.94. The van der Waals surface area contributed by atoms with Crippen LogP contribution in [0.1, 0.15) is 67.0 Å². The van der Waals surface area contributed by atoms with Crippen molar-refractivity contribution < 1.29 is 18.7 Å². The molecule has 1 saturated heterocycles. The van der Waals surface area contributed by atoms with Gasteiger partial charge in [-0.3, -0.25) is 9.20 Å². The lowest BCUT2D eigenvalue weighted by molar-refractivity contribution is 0.0897. The third-order valence-corrected chi connectivity index (χ3v) is 6.95. The van der Waals surface area contributed by atoms with E-state index in [1.165, 1.54) is 12.1 Å². The normalized spacial score (nSPS) is 24.1. The minimum atomic E-state index is -0.445. The van der Waals surface area contributed by atoms with Gasteiger partial charge in [-0.1, -0.05) is 6.42 Å². The molecule has 7 heteroatoms. The van der Waals surface area contributed by atoms with Crippen molar-refractivity contribution in [3.63, 3.8) is 0 Å². The van der Waals surface area contributed by atoms with Crippen molar-refractivity contribution in [2.45, 2.75) is 57.1 Å². The number of rotatable bonds is 4. The zero-order chi connectivity index (χ0) is 22.2. The maximum atomic E-state index is 14.5. The van der Waals surface area contributed by atoms with Gasteiger partial charge < -0.3 is 10.0 Å². The van der Waals surface area contributed by atoms with Crippen molar-refractivity contribution in [1.29, 1.82) is 0 Å². The zero-order valence-corrected chi connectivity index (χ0v) is 17.9. The molecule has 2 aliphatic rings. The van der Waals surface area contributed by atoms with Crippen molar-refractivity contribution in [2.75, 3.05) is 11.4 Å². The molecule has 1 aromatic carbocycles. The number of Topliss-reactive ketones (excluding diaryl/α,β-unsaturated/α-hetero) is 1. The minimum absolute atomic E-state index is 0.0536. The number of hydrogen-bond donors (Lipinski definition) is 1. The fourth-order valence-corrected chi connectivity index (χ4v) is 5.24. The fourth-order valence-electron chi connectivity index (χ4n) is 5.24. The number of hydrogen-bond acceptors (Lipinski definition) is 4. The van der Waals surface area contributed by atoms with Gasteiger partial charge in [-0.15, -0.1) is 0 Å². The maximum Gasteiger partial charge on any atom is 0.184 e. The lowest BCUT2D eigenvalue weighted by Crippen LogP contribution is -2.24. The van der Waals surface area contributed by atoms with E-state index < -0.39 is 11.6 Å². The quantitative estimate of drug-likeness (QED) is 0.455. The van der Waals surface area contributed by atoms with Crippen LogP contribution in [0, 0.1) is 17.6 Å². The first-order chi connectivity index (χ1) is 15.5. The van der Waals surface area contributed by atoms with Gasteiger partial charge in [0.05, 0.1) is 24.0 Å². The highest BCUT2D eigenvalue weighted by molar-refractivity contribution is 5.97. The van der Waals surface area contributed by atoms with Crippen LogP contribution in [0.15, 0.2) is 42.7 Å². The van der Waals surface area contributed by atoms with Gasteiger partial charge in [-0.05, 0) is 68.9 Å². The molecule has 2 unspecified atom stereocenters. The average molecular weight is 440 g/mol. The number of nitrogens with zero attached hydrogens (tertiary/aromatic N) is 3. The first kappa shape index (κ1) is 21.1. The van der Waals surface area contributed by atoms with Gasteiger partial charge in [0.1, 0.15) is 23.0 Å². The van der Waals surface area contributed by atoms with Gasteiger partial charge in [0.25, 0.3) is 0 Å². The van der Waals surface area contributed by atoms with Gasteiger partial charge in [0.2, 0.25) is 0 Å². The Balaban J connectivity index is 1.47. The Bertz CT molecular complexity index is 1150. The number of carbonyl (C=O) groups is 1. The zero-order valence-electron chi connectivity index (χ0n) is 17.9. The molecule has 1 saturated carbocycles. The van der Waals surface area contributed by atoms with Crippen LogP contribution in [-0.2, 0) is 0 Å². The highest BCUT2D eigenvalue weighted by Gasteiger charge is 2.30. The SMILES string of the molecule is O=C(c1cnc2ccc(N3CCC[C@@H]3c3cc(F)ccc3F)cn12)C1CCCC(O)CC1. The molecule has 5 rings (SSSR count). The third kappa shape index (κ3) is 3.90. The van der Waals surface area contributed by atoms with Crippen LogP contribution >= 0.6 is 0 Å². The number of aromatic nitrogens is 2. The molecule has 0 amide bonds. The van der Waals surface area contributed by atoms with Crippen molar-refractivity contribution >= 4 is 17.1 Å². The monoisotopic (exact) mass is 439 g/mol. The Morgan fingerprint density at radius 2 is 1.91 bits per heavy atom. The second-order valence-corrected chi connectivity index (χ2v) is 9.00. The summed E-state index contributed by atoms with van der Waals surface area (Å²) in [5.74, 6) is -0.910. The molecule has 3 heterocycles. The first-order valence-corrected chi connectivity index (χ1v) is 11.4. The molecule has 0 bridgehead atoms. The van der Waals surface area contributed by atoms with Crippen LogP contribution in [0.5, 0.6) is 0 Å². The van der Waals surface area contributed by atoms with E-state index in [9.17, 15) is 18.7 Å². The van der Waals surface area contributed by atoms with Gasteiger partial charge in [-0.25, -0.2) is 13.8 Å². The number of fused-ring (bicyclic) bond motifs is 1. The molecule has 168 valence electrons. The number of aliphatic hydroxyl groups is 1. The number of anilines is 1. The van der Waals surface area contributed by atoms with Crippen molar-refractivity contribution in [3.05, 3.63) is 65.6 Å². The van der Waals surface area contributed by atoms with Gasteiger partial charge in [0, 0.05) is 24.2 Å². The van der Waals surface area contributed by atoms with E-state index in [1.54, 1.807) is 6.20 Å². The molecular weight excluding hydrogens is 412 g/mol. The molecule has 2 fully saturated rings. The third-order valence-electron chi connectivity index (χ3n) is 6.95. The largest absolute Gasteiger partial charge is 0.393 e. The van der Waals surface area contributed by atoms with Gasteiger partial charge >= 0.3 is 0 Å². The number of ketones is 1. The molecule has 2 aromatic heterocycles. The van der Waals surface area contributed by atoms with Crippen LogP contribution in [0.4, 0.5) is 14.5 Å². The van der Waals surface area contributed by atoms with Gasteiger partial charge in [0.15, 0.2) is 5.78 Å². The summed E-state index contributed by atoms with van der Waals surface area (Å²) in [7, 11) is 0. The Morgan fingerprint density at radius 1 is 1.03 bits per heavy atom. The number of benzene rings is 1. The Labute approximate surface area is 185 Å². The number of pyridine rings is 1. The fraction of sp³-hybridized carbons (Fsp3) is 0.440. The maximum absolute atomic E-state index is 14.5. The molecule has 3 aromatic rings. The predicted octanol–water partition coefficient (Wildman–Crippen LogP) is 5.08. The summed E-state index contributed by atoms with van der Waals surface area (Å²) in [5, 5.41) is 9.92. The van der Waals surface area contributed by atoms with E-state index in [4.69, 9.17) is 0 Å². The van der Waals surface area contributed by atoms with Crippen molar-refractivity contribution in [3.8, 4) is 0 Å². The predicted molar refractivity (Wildman–Crippen MR) is 118 cm³/mol. The highest BCUT2D eigenvalue weighted by atomic mass is 19.1. The van der Waals surface area contributed by atoms with Crippen molar-refractivity contribution in [1.82, 2.24) is 9.38 Å². The van der Waals surface area contributed by atoms with E-state index in [0.29, 0.717) is 29.7 Å². The number of aliphatic hydroxyl groups excluding tert-OH is 1. The number of carbonyl (C=O) groups excluding carboxylic acids is 1. The molecule has 1 aliphatic carbocycles.